The van der Waals surface area contributed by atoms with E-state index >= 15 is 0 Å². The van der Waals surface area contributed by atoms with Crippen molar-refractivity contribution in [1.82, 2.24) is 15.0 Å². The van der Waals surface area contributed by atoms with Crippen LogP contribution in [0.4, 0.5) is 17.6 Å². The first-order chi connectivity index (χ1) is 13.2. The van der Waals surface area contributed by atoms with E-state index in [9.17, 15) is 0 Å². The fourth-order valence-electron chi connectivity index (χ4n) is 3.71. The molecule has 2 aromatic rings. The van der Waals surface area contributed by atoms with Crippen LogP contribution in [0, 0.1) is 6.92 Å². The molecule has 4 rings (SSSR count). The smallest absolute Gasteiger partial charge is 0.227 e. The molecule has 2 aliphatic heterocycles. The summed E-state index contributed by atoms with van der Waals surface area (Å²) in [4.78, 5) is 18.3. The van der Waals surface area contributed by atoms with E-state index in [2.05, 4.69) is 54.0 Å². The highest BCUT2D eigenvalue weighted by Crippen LogP contribution is 2.25. The lowest BCUT2D eigenvalue weighted by molar-refractivity contribution is 0.122. The Morgan fingerprint density at radius 2 is 2.04 bits per heavy atom. The number of morpholine rings is 1. The Kier molecular flexibility index (Phi) is 5.73. The first-order valence-electron chi connectivity index (χ1n) is 9.48. The molecule has 2 aromatic heterocycles. The molecule has 144 valence electrons. The Hall–Kier alpha value is -1.93. The lowest BCUT2D eigenvalue weighted by Crippen LogP contribution is -2.43. The Morgan fingerprint density at radius 3 is 2.85 bits per heavy atom. The molecule has 4 heterocycles. The number of piperidine rings is 1. The van der Waals surface area contributed by atoms with Crippen LogP contribution in [0.1, 0.15) is 18.4 Å². The van der Waals surface area contributed by atoms with E-state index in [1.807, 2.05) is 18.5 Å². The molecule has 1 N–H and O–H groups in total. The summed E-state index contributed by atoms with van der Waals surface area (Å²) in [6.45, 7) is 7.23. The minimum atomic E-state index is 0.344. The van der Waals surface area contributed by atoms with Gasteiger partial charge in [0.05, 0.1) is 13.2 Å². The molecule has 0 aliphatic carbocycles. The Bertz CT molecular complexity index is 783. The molecule has 7 nitrogen and oxygen atoms in total. The van der Waals surface area contributed by atoms with Gasteiger partial charge >= 0.3 is 0 Å². The Balaban J connectivity index is 1.43. The molecule has 0 saturated carbocycles. The average Bonchev–Trinajstić information content (AvgIpc) is 2.69. The first-order valence-corrected chi connectivity index (χ1v) is 10.3. The van der Waals surface area contributed by atoms with Gasteiger partial charge in [-0.05, 0) is 53.4 Å². The number of aromatic nitrogens is 3. The summed E-state index contributed by atoms with van der Waals surface area (Å²) in [6, 6.07) is 4.42. The summed E-state index contributed by atoms with van der Waals surface area (Å²) in [5.74, 6) is 2.74. The van der Waals surface area contributed by atoms with Gasteiger partial charge in [0, 0.05) is 49.1 Å². The normalized spacial score (nSPS) is 20.6. The van der Waals surface area contributed by atoms with Crippen LogP contribution in [-0.4, -0.2) is 60.4 Å². The molecule has 0 radical (unpaired) electrons. The lowest BCUT2D eigenvalue weighted by atomic mass is 10.1. The predicted molar refractivity (Wildman–Crippen MR) is 111 cm³/mol. The second-order valence-electron chi connectivity index (χ2n) is 7.06. The van der Waals surface area contributed by atoms with Gasteiger partial charge in [-0.1, -0.05) is 0 Å². The number of pyridine rings is 1. The van der Waals surface area contributed by atoms with Gasteiger partial charge in [0.25, 0.3) is 0 Å². The predicted octanol–water partition coefficient (Wildman–Crippen LogP) is 2.86. The molecular weight excluding hydrogens is 408 g/mol. The van der Waals surface area contributed by atoms with E-state index < -0.39 is 0 Å². The van der Waals surface area contributed by atoms with Crippen molar-refractivity contribution in [2.24, 2.45) is 0 Å². The van der Waals surface area contributed by atoms with Crippen LogP contribution in [-0.2, 0) is 4.74 Å². The van der Waals surface area contributed by atoms with Gasteiger partial charge in [0.1, 0.15) is 11.6 Å². The van der Waals surface area contributed by atoms with Gasteiger partial charge in [0.2, 0.25) is 5.95 Å². The minimum absolute atomic E-state index is 0.344. The fraction of sp³-hybridized carbons (Fsp3) is 0.526. The van der Waals surface area contributed by atoms with E-state index in [1.54, 1.807) is 0 Å². The van der Waals surface area contributed by atoms with Crippen LogP contribution in [0.25, 0.3) is 0 Å². The number of halogens is 1. The summed E-state index contributed by atoms with van der Waals surface area (Å²) >= 11 is 3.50. The Morgan fingerprint density at radius 1 is 1.19 bits per heavy atom. The van der Waals surface area contributed by atoms with Gasteiger partial charge in [0.15, 0.2) is 0 Å². The second kappa shape index (κ2) is 8.39. The zero-order valence-electron chi connectivity index (χ0n) is 15.6. The topological polar surface area (TPSA) is 66.4 Å². The van der Waals surface area contributed by atoms with E-state index in [0.29, 0.717) is 6.04 Å². The number of nitrogens with zero attached hydrogens (tertiary/aromatic N) is 5. The van der Waals surface area contributed by atoms with Crippen molar-refractivity contribution in [3.63, 3.8) is 0 Å². The third kappa shape index (κ3) is 4.50. The van der Waals surface area contributed by atoms with Gasteiger partial charge in [-0.3, -0.25) is 0 Å². The van der Waals surface area contributed by atoms with E-state index in [4.69, 9.17) is 9.72 Å². The maximum absolute atomic E-state index is 5.42. The molecule has 1 atom stereocenters. The van der Waals surface area contributed by atoms with Crippen LogP contribution < -0.4 is 15.1 Å². The standard InChI is InChI=1S/C19H25BrN6O/c1-14-11-15(20)12-22-18(14)26-6-2-3-16(13-26)23-17-4-5-21-19(24-17)25-7-9-27-10-8-25/h4-5,11-12,16H,2-3,6-10,13H2,1H3,(H,21,23,24). The first kappa shape index (κ1) is 18.4. The van der Waals surface area contributed by atoms with Crippen molar-refractivity contribution in [1.29, 1.82) is 0 Å². The van der Waals surface area contributed by atoms with Crippen LogP contribution in [0.2, 0.25) is 0 Å². The number of hydrogen-bond acceptors (Lipinski definition) is 7. The zero-order chi connectivity index (χ0) is 18.6. The van der Waals surface area contributed by atoms with Crippen molar-refractivity contribution in [3.8, 4) is 0 Å². The molecule has 27 heavy (non-hydrogen) atoms. The maximum Gasteiger partial charge on any atom is 0.227 e. The molecule has 0 bridgehead atoms. The molecular formula is C19H25BrN6O. The Labute approximate surface area is 168 Å². The van der Waals surface area contributed by atoms with Crippen molar-refractivity contribution in [2.45, 2.75) is 25.8 Å². The molecule has 2 saturated heterocycles. The van der Waals surface area contributed by atoms with Crippen LogP contribution >= 0.6 is 15.9 Å². The summed E-state index contributed by atoms with van der Waals surface area (Å²) in [7, 11) is 0. The lowest BCUT2D eigenvalue weighted by Gasteiger charge is -2.35. The maximum atomic E-state index is 5.42. The summed E-state index contributed by atoms with van der Waals surface area (Å²) in [5.41, 5.74) is 1.20. The molecule has 1 unspecified atom stereocenters. The summed E-state index contributed by atoms with van der Waals surface area (Å²) < 4.78 is 6.44. The van der Waals surface area contributed by atoms with Crippen LogP contribution in [0.5, 0.6) is 0 Å². The fourth-order valence-corrected chi connectivity index (χ4v) is 4.15. The average molecular weight is 433 g/mol. The monoisotopic (exact) mass is 432 g/mol. The van der Waals surface area contributed by atoms with Gasteiger partial charge in [-0.15, -0.1) is 0 Å². The minimum Gasteiger partial charge on any atom is -0.378 e. The number of aryl methyl sites for hydroxylation is 1. The van der Waals surface area contributed by atoms with Crippen molar-refractivity contribution >= 4 is 33.5 Å². The molecule has 8 heteroatoms. The van der Waals surface area contributed by atoms with Crippen molar-refractivity contribution in [2.75, 3.05) is 54.5 Å². The number of nitrogens with one attached hydrogen (secondary N) is 1. The summed E-state index contributed by atoms with van der Waals surface area (Å²) in [6.07, 6.45) is 5.97. The highest BCUT2D eigenvalue weighted by atomic mass is 79.9. The van der Waals surface area contributed by atoms with E-state index in [1.165, 1.54) is 5.56 Å². The molecule has 0 aromatic carbocycles. The molecule has 0 amide bonds. The number of ether oxygens (including phenoxy) is 1. The quantitative estimate of drug-likeness (QED) is 0.796. The molecule has 2 fully saturated rings. The third-order valence-corrected chi connectivity index (χ3v) is 5.46. The number of anilines is 3. The van der Waals surface area contributed by atoms with Gasteiger partial charge in [-0.2, -0.15) is 4.98 Å². The van der Waals surface area contributed by atoms with Gasteiger partial charge < -0.3 is 19.9 Å². The largest absolute Gasteiger partial charge is 0.378 e. The highest BCUT2D eigenvalue weighted by molar-refractivity contribution is 9.10. The number of rotatable bonds is 4. The van der Waals surface area contributed by atoms with Gasteiger partial charge in [-0.25, -0.2) is 9.97 Å². The van der Waals surface area contributed by atoms with Crippen molar-refractivity contribution in [3.05, 3.63) is 34.6 Å². The molecule has 2 aliphatic rings. The van der Waals surface area contributed by atoms with E-state index in [0.717, 1.165) is 74.3 Å². The summed E-state index contributed by atoms with van der Waals surface area (Å²) in [5, 5.41) is 3.60. The molecule has 0 spiro atoms. The van der Waals surface area contributed by atoms with Crippen LogP contribution in [0.3, 0.4) is 0 Å². The SMILES string of the molecule is Cc1cc(Br)cnc1N1CCCC(Nc2ccnc(N3CCOCC3)n2)C1. The zero-order valence-corrected chi connectivity index (χ0v) is 17.2. The highest BCUT2D eigenvalue weighted by Gasteiger charge is 2.23. The number of hydrogen-bond donors (Lipinski definition) is 1. The van der Waals surface area contributed by atoms with Crippen LogP contribution in [0.15, 0.2) is 29.0 Å². The second-order valence-corrected chi connectivity index (χ2v) is 7.98. The van der Waals surface area contributed by atoms with Crippen molar-refractivity contribution < 1.29 is 4.74 Å². The third-order valence-electron chi connectivity index (χ3n) is 5.03. The van der Waals surface area contributed by atoms with E-state index in [-0.39, 0.29) is 0 Å².